The predicted molar refractivity (Wildman–Crippen MR) is 90.4 cm³/mol. The van der Waals surface area contributed by atoms with Gasteiger partial charge >= 0.3 is 0 Å². The summed E-state index contributed by atoms with van der Waals surface area (Å²) in [5.41, 5.74) is 8.65. The predicted octanol–water partition coefficient (Wildman–Crippen LogP) is 2.80. The summed E-state index contributed by atoms with van der Waals surface area (Å²) in [4.78, 5) is 8.56. The van der Waals surface area contributed by atoms with Gasteiger partial charge < -0.3 is 5.73 Å². The van der Waals surface area contributed by atoms with Crippen molar-refractivity contribution in [2.24, 2.45) is 0 Å². The molecule has 2 aromatic carbocycles. The van der Waals surface area contributed by atoms with Crippen LogP contribution < -0.4 is 5.73 Å². The van der Waals surface area contributed by atoms with Gasteiger partial charge in [-0.25, -0.2) is 13.4 Å². The first kappa shape index (κ1) is 15.2. The van der Waals surface area contributed by atoms with Crippen molar-refractivity contribution in [3.8, 4) is 22.4 Å². The maximum Gasteiger partial charge on any atom is 0.176 e. The Morgan fingerprint density at radius 3 is 2.13 bits per heavy atom. The van der Waals surface area contributed by atoms with E-state index < -0.39 is 9.84 Å². The molecule has 0 radical (unpaired) electrons. The van der Waals surface area contributed by atoms with Crippen LogP contribution in [0, 0.1) is 0 Å². The molecule has 0 unspecified atom stereocenters. The average molecular weight is 325 g/mol. The lowest BCUT2D eigenvalue weighted by molar-refractivity contribution is 0.602. The number of anilines is 1. The van der Waals surface area contributed by atoms with Crippen molar-refractivity contribution < 1.29 is 8.42 Å². The minimum atomic E-state index is -3.28. The molecule has 0 atom stereocenters. The molecule has 116 valence electrons. The fraction of sp³-hybridized carbons (Fsp3) is 0.0588. The van der Waals surface area contributed by atoms with Crippen LogP contribution in [0.25, 0.3) is 22.4 Å². The molecular formula is C17H15N3O2S. The van der Waals surface area contributed by atoms with E-state index in [9.17, 15) is 8.42 Å². The van der Waals surface area contributed by atoms with Crippen LogP contribution in [0.5, 0.6) is 0 Å². The van der Waals surface area contributed by atoms with E-state index in [0.717, 1.165) is 11.1 Å². The van der Waals surface area contributed by atoms with Crippen LogP contribution >= 0.6 is 0 Å². The third kappa shape index (κ3) is 3.22. The fourth-order valence-corrected chi connectivity index (χ4v) is 3.25. The molecule has 5 nitrogen and oxygen atoms in total. The van der Waals surface area contributed by atoms with Gasteiger partial charge in [-0.15, -0.1) is 0 Å². The van der Waals surface area contributed by atoms with Crippen LogP contribution in [0.4, 0.5) is 5.82 Å². The summed E-state index contributed by atoms with van der Waals surface area (Å²) in [6.45, 7) is 0. The molecule has 0 aliphatic carbocycles. The monoisotopic (exact) mass is 325 g/mol. The lowest BCUT2D eigenvalue weighted by Gasteiger charge is -2.09. The van der Waals surface area contributed by atoms with Gasteiger partial charge in [0.25, 0.3) is 0 Å². The molecule has 0 fully saturated rings. The normalized spacial score (nSPS) is 11.3. The van der Waals surface area contributed by atoms with Crippen LogP contribution in [0.15, 0.2) is 65.8 Å². The second kappa shape index (κ2) is 5.81. The first-order valence-corrected chi connectivity index (χ1v) is 8.82. The summed E-state index contributed by atoms with van der Waals surface area (Å²) in [6, 6.07) is 14.5. The van der Waals surface area contributed by atoms with E-state index in [2.05, 4.69) is 9.97 Å². The molecular weight excluding hydrogens is 310 g/mol. The van der Waals surface area contributed by atoms with Crippen molar-refractivity contribution in [1.82, 2.24) is 9.97 Å². The van der Waals surface area contributed by atoms with Gasteiger partial charge in [-0.3, -0.25) is 4.98 Å². The Kier molecular flexibility index (Phi) is 3.83. The van der Waals surface area contributed by atoms with Gasteiger partial charge in [0.05, 0.1) is 23.0 Å². The summed E-state index contributed by atoms with van der Waals surface area (Å²) in [7, 11) is -3.28. The average Bonchev–Trinajstić information content (AvgIpc) is 2.55. The highest BCUT2D eigenvalue weighted by molar-refractivity contribution is 7.90. The molecule has 3 rings (SSSR count). The zero-order valence-corrected chi connectivity index (χ0v) is 13.3. The third-order valence-corrected chi connectivity index (χ3v) is 4.60. The Morgan fingerprint density at radius 2 is 1.52 bits per heavy atom. The zero-order chi connectivity index (χ0) is 16.4. The van der Waals surface area contributed by atoms with Gasteiger partial charge in [0.15, 0.2) is 9.84 Å². The largest absolute Gasteiger partial charge is 0.382 e. The minimum Gasteiger partial charge on any atom is -0.382 e. The maximum atomic E-state index is 11.9. The van der Waals surface area contributed by atoms with Crippen molar-refractivity contribution in [1.29, 1.82) is 0 Å². The standard InChI is InChI=1S/C17H15N3O2S/c1-23(21,22)16-5-3-2-4-14(16)12-6-8-13(9-7-12)15-10-20-17(18)11-19-15/h2-11H,1H3,(H2,18,20). The quantitative estimate of drug-likeness (QED) is 0.800. The molecule has 1 aromatic heterocycles. The Balaban J connectivity index is 2.02. The fourth-order valence-electron chi connectivity index (χ4n) is 2.34. The van der Waals surface area contributed by atoms with Crippen molar-refractivity contribution in [2.45, 2.75) is 4.90 Å². The zero-order valence-electron chi connectivity index (χ0n) is 12.5. The molecule has 2 N–H and O–H groups in total. The Hall–Kier alpha value is -2.73. The number of sulfone groups is 1. The summed E-state index contributed by atoms with van der Waals surface area (Å²) >= 11 is 0. The topological polar surface area (TPSA) is 85.9 Å². The number of rotatable bonds is 3. The van der Waals surface area contributed by atoms with Gasteiger partial charge in [0, 0.05) is 17.4 Å². The highest BCUT2D eigenvalue weighted by atomic mass is 32.2. The van der Waals surface area contributed by atoms with Gasteiger partial charge in [0.2, 0.25) is 0 Å². The van der Waals surface area contributed by atoms with E-state index in [0.29, 0.717) is 22.0 Å². The number of aromatic nitrogens is 2. The van der Waals surface area contributed by atoms with Crippen LogP contribution in [-0.4, -0.2) is 24.6 Å². The second-order valence-electron chi connectivity index (χ2n) is 5.17. The van der Waals surface area contributed by atoms with E-state index in [-0.39, 0.29) is 0 Å². The number of hydrogen-bond acceptors (Lipinski definition) is 5. The molecule has 0 saturated carbocycles. The molecule has 3 aromatic rings. The van der Waals surface area contributed by atoms with Gasteiger partial charge in [0.1, 0.15) is 5.82 Å². The molecule has 1 heterocycles. The Labute approximate surface area is 134 Å². The molecule has 0 aliphatic rings. The smallest absolute Gasteiger partial charge is 0.176 e. The van der Waals surface area contributed by atoms with Gasteiger partial charge in [-0.2, -0.15) is 0 Å². The second-order valence-corrected chi connectivity index (χ2v) is 7.16. The number of nitrogens with two attached hydrogens (primary N) is 1. The van der Waals surface area contributed by atoms with Crippen LogP contribution in [-0.2, 0) is 9.84 Å². The first-order valence-electron chi connectivity index (χ1n) is 6.92. The number of nitrogens with zero attached hydrogens (tertiary/aromatic N) is 2. The molecule has 0 saturated heterocycles. The molecule has 23 heavy (non-hydrogen) atoms. The Morgan fingerprint density at radius 1 is 0.870 bits per heavy atom. The van der Waals surface area contributed by atoms with Crippen LogP contribution in [0.3, 0.4) is 0 Å². The summed E-state index contributed by atoms with van der Waals surface area (Å²) < 4.78 is 23.8. The lowest BCUT2D eigenvalue weighted by Crippen LogP contribution is -1.99. The van der Waals surface area contributed by atoms with E-state index >= 15 is 0 Å². The van der Waals surface area contributed by atoms with E-state index in [1.54, 1.807) is 24.4 Å². The van der Waals surface area contributed by atoms with Gasteiger partial charge in [-0.1, -0.05) is 42.5 Å². The highest BCUT2D eigenvalue weighted by Gasteiger charge is 2.13. The molecule has 0 spiro atoms. The summed E-state index contributed by atoms with van der Waals surface area (Å²) in [5.74, 6) is 0.368. The van der Waals surface area contributed by atoms with Crippen molar-refractivity contribution in [3.63, 3.8) is 0 Å². The first-order chi connectivity index (χ1) is 10.9. The lowest BCUT2D eigenvalue weighted by atomic mass is 10.0. The minimum absolute atomic E-state index is 0.319. The molecule has 6 heteroatoms. The van der Waals surface area contributed by atoms with E-state index in [1.807, 2.05) is 30.3 Å². The van der Waals surface area contributed by atoms with Crippen molar-refractivity contribution in [2.75, 3.05) is 12.0 Å². The van der Waals surface area contributed by atoms with Crippen LogP contribution in [0.1, 0.15) is 0 Å². The van der Waals surface area contributed by atoms with E-state index in [1.165, 1.54) is 12.5 Å². The molecule has 0 amide bonds. The number of hydrogen-bond donors (Lipinski definition) is 1. The third-order valence-electron chi connectivity index (χ3n) is 3.45. The van der Waals surface area contributed by atoms with Gasteiger partial charge in [-0.05, 0) is 11.6 Å². The summed E-state index contributed by atoms with van der Waals surface area (Å²) in [5, 5.41) is 0. The van der Waals surface area contributed by atoms with E-state index in [4.69, 9.17) is 5.73 Å². The molecule has 0 aliphatic heterocycles. The maximum absolute atomic E-state index is 11.9. The number of benzene rings is 2. The number of nitrogen functional groups attached to an aromatic ring is 1. The van der Waals surface area contributed by atoms with Crippen molar-refractivity contribution >= 4 is 15.7 Å². The summed E-state index contributed by atoms with van der Waals surface area (Å²) in [6.07, 6.45) is 4.32. The Bertz CT molecular complexity index is 934. The SMILES string of the molecule is CS(=O)(=O)c1ccccc1-c1ccc(-c2cnc(N)cn2)cc1. The molecule has 0 bridgehead atoms. The van der Waals surface area contributed by atoms with Crippen LogP contribution in [0.2, 0.25) is 0 Å². The highest BCUT2D eigenvalue weighted by Crippen LogP contribution is 2.29. The van der Waals surface area contributed by atoms with Crippen molar-refractivity contribution in [3.05, 3.63) is 60.9 Å².